The van der Waals surface area contributed by atoms with E-state index in [2.05, 4.69) is 61.2 Å². The van der Waals surface area contributed by atoms with Crippen LogP contribution >= 0.6 is 0 Å². The SMILES string of the molecule is C=Nc1c(/C=C\C)cccc1NCC(C)C(C)c1ccccc1OC. The molecule has 0 saturated carbocycles. The third-order valence-corrected chi connectivity index (χ3v) is 4.67. The zero-order chi connectivity index (χ0) is 18.2. The number of para-hydroxylation sites is 2. The van der Waals surface area contributed by atoms with E-state index in [0.29, 0.717) is 11.8 Å². The number of benzene rings is 2. The van der Waals surface area contributed by atoms with Crippen LogP contribution in [-0.4, -0.2) is 20.4 Å². The standard InChI is InChI=1S/C22H28N2O/c1-6-10-18-11-9-13-20(22(18)23-4)24-15-16(2)17(3)19-12-7-8-14-21(19)25-5/h6-14,16-17,24H,4,15H2,1-3,5H3/b10-6-. The quantitative estimate of drug-likeness (QED) is 0.608. The first-order valence-corrected chi connectivity index (χ1v) is 8.71. The molecular formula is C22H28N2O. The molecule has 0 aliphatic carbocycles. The van der Waals surface area contributed by atoms with Gasteiger partial charge in [0.15, 0.2) is 0 Å². The van der Waals surface area contributed by atoms with E-state index >= 15 is 0 Å². The van der Waals surface area contributed by atoms with Crippen molar-refractivity contribution in [3.8, 4) is 5.75 Å². The number of nitrogens with zero attached hydrogens (tertiary/aromatic N) is 1. The number of hydrogen-bond acceptors (Lipinski definition) is 3. The molecule has 25 heavy (non-hydrogen) atoms. The average molecular weight is 336 g/mol. The summed E-state index contributed by atoms with van der Waals surface area (Å²) in [5.41, 5.74) is 4.24. The van der Waals surface area contributed by atoms with Crippen LogP contribution < -0.4 is 10.1 Å². The molecule has 0 spiro atoms. The number of aliphatic imine (C=N–C) groups is 1. The van der Waals surface area contributed by atoms with Crippen LogP contribution in [0.4, 0.5) is 11.4 Å². The lowest BCUT2D eigenvalue weighted by Gasteiger charge is -2.23. The molecule has 2 aromatic carbocycles. The zero-order valence-corrected chi connectivity index (χ0v) is 15.6. The Hall–Kier alpha value is -2.55. The number of hydrogen-bond donors (Lipinski definition) is 1. The Kier molecular flexibility index (Phi) is 6.81. The van der Waals surface area contributed by atoms with Gasteiger partial charge in [-0.3, -0.25) is 4.99 Å². The van der Waals surface area contributed by atoms with Crippen LogP contribution in [0.25, 0.3) is 6.08 Å². The molecule has 0 aliphatic rings. The molecule has 2 rings (SSSR count). The maximum atomic E-state index is 5.51. The second-order valence-electron chi connectivity index (χ2n) is 6.29. The molecule has 1 N–H and O–H groups in total. The predicted molar refractivity (Wildman–Crippen MR) is 109 cm³/mol. The average Bonchev–Trinajstić information content (AvgIpc) is 2.65. The summed E-state index contributed by atoms with van der Waals surface area (Å²) in [5.74, 6) is 1.76. The summed E-state index contributed by atoms with van der Waals surface area (Å²) in [4.78, 5) is 4.21. The highest BCUT2D eigenvalue weighted by molar-refractivity contribution is 5.78. The summed E-state index contributed by atoms with van der Waals surface area (Å²) in [6.07, 6.45) is 4.07. The molecule has 0 saturated heterocycles. The van der Waals surface area contributed by atoms with Crippen molar-refractivity contribution in [3.05, 3.63) is 59.7 Å². The lowest BCUT2D eigenvalue weighted by molar-refractivity contribution is 0.397. The van der Waals surface area contributed by atoms with Crippen LogP contribution in [0.2, 0.25) is 0 Å². The molecule has 2 aromatic rings. The van der Waals surface area contributed by atoms with Gasteiger partial charge in [0.25, 0.3) is 0 Å². The van der Waals surface area contributed by atoms with E-state index in [1.54, 1.807) is 7.11 Å². The van der Waals surface area contributed by atoms with Crippen molar-refractivity contribution in [2.45, 2.75) is 26.7 Å². The Morgan fingerprint density at radius 3 is 2.60 bits per heavy atom. The highest BCUT2D eigenvalue weighted by atomic mass is 16.5. The molecule has 3 nitrogen and oxygen atoms in total. The van der Waals surface area contributed by atoms with E-state index in [9.17, 15) is 0 Å². The summed E-state index contributed by atoms with van der Waals surface area (Å²) in [6.45, 7) is 11.1. The highest BCUT2D eigenvalue weighted by Gasteiger charge is 2.18. The van der Waals surface area contributed by atoms with E-state index in [1.807, 2.05) is 31.2 Å². The van der Waals surface area contributed by atoms with E-state index in [1.165, 1.54) is 5.56 Å². The van der Waals surface area contributed by atoms with Crippen molar-refractivity contribution in [2.24, 2.45) is 10.9 Å². The number of methoxy groups -OCH3 is 1. The fourth-order valence-corrected chi connectivity index (χ4v) is 2.99. The highest BCUT2D eigenvalue weighted by Crippen LogP contribution is 2.33. The van der Waals surface area contributed by atoms with Crippen LogP contribution in [-0.2, 0) is 0 Å². The van der Waals surface area contributed by atoms with Crippen LogP contribution in [0.3, 0.4) is 0 Å². The molecule has 3 heteroatoms. The number of anilines is 1. The van der Waals surface area contributed by atoms with Gasteiger partial charge < -0.3 is 10.1 Å². The van der Waals surface area contributed by atoms with Crippen molar-refractivity contribution < 1.29 is 4.74 Å². The van der Waals surface area contributed by atoms with Crippen molar-refractivity contribution in [1.82, 2.24) is 0 Å². The smallest absolute Gasteiger partial charge is 0.122 e. The van der Waals surface area contributed by atoms with Gasteiger partial charge in [0, 0.05) is 12.1 Å². The molecule has 0 aliphatic heterocycles. The van der Waals surface area contributed by atoms with Gasteiger partial charge in [0.1, 0.15) is 5.75 Å². The lowest BCUT2D eigenvalue weighted by Crippen LogP contribution is -2.17. The molecule has 2 unspecified atom stereocenters. The summed E-state index contributed by atoms with van der Waals surface area (Å²) >= 11 is 0. The Bertz CT molecular complexity index is 737. The van der Waals surface area contributed by atoms with Crippen LogP contribution in [0, 0.1) is 5.92 Å². The largest absolute Gasteiger partial charge is 0.496 e. The number of ether oxygens (including phenoxy) is 1. The second kappa shape index (κ2) is 9.07. The van der Waals surface area contributed by atoms with E-state index < -0.39 is 0 Å². The van der Waals surface area contributed by atoms with Crippen molar-refractivity contribution in [2.75, 3.05) is 19.0 Å². The summed E-state index contributed by atoms with van der Waals surface area (Å²) < 4.78 is 5.51. The van der Waals surface area contributed by atoms with Gasteiger partial charge in [0.05, 0.1) is 18.5 Å². The normalized spacial score (nSPS) is 13.4. The van der Waals surface area contributed by atoms with Gasteiger partial charge >= 0.3 is 0 Å². The Balaban J connectivity index is 2.13. The van der Waals surface area contributed by atoms with E-state index in [4.69, 9.17) is 4.74 Å². The van der Waals surface area contributed by atoms with E-state index in [-0.39, 0.29) is 0 Å². The minimum Gasteiger partial charge on any atom is -0.496 e. The number of rotatable bonds is 8. The summed E-state index contributed by atoms with van der Waals surface area (Å²) in [6, 6.07) is 14.4. The topological polar surface area (TPSA) is 33.6 Å². The first-order valence-electron chi connectivity index (χ1n) is 8.71. The maximum Gasteiger partial charge on any atom is 0.122 e. The summed E-state index contributed by atoms with van der Waals surface area (Å²) in [5, 5.41) is 3.54. The van der Waals surface area contributed by atoms with Crippen LogP contribution in [0.1, 0.15) is 37.8 Å². The third-order valence-electron chi connectivity index (χ3n) is 4.67. The molecule has 0 fully saturated rings. The third kappa shape index (κ3) is 4.50. The molecular weight excluding hydrogens is 308 g/mol. The van der Waals surface area contributed by atoms with Crippen molar-refractivity contribution >= 4 is 24.2 Å². The van der Waals surface area contributed by atoms with Gasteiger partial charge in [-0.2, -0.15) is 0 Å². The lowest BCUT2D eigenvalue weighted by atomic mass is 9.88. The monoisotopic (exact) mass is 336 g/mol. The van der Waals surface area contributed by atoms with Crippen molar-refractivity contribution in [3.63, 3.8) is 0 Å². The van der Waals surface area contributed by atoms with Crippen molar-refractivity contribution in [1.29, 1.82) is 0 Å². The molecule has 0 aromatic heterocycles. The fraction of sp³-hybridized carbons (Fsp3) is 0.318. The van der Waals surface area contributed by atoms with Crippen LogP contribution in [0.5, 0.6) is 5.75 Å². The van der Waals surface area contributed by atoms with Crippen LogP contribution in [0.15, 0.2) is 53.5 Å². The van der Waals surface area contributed by atoms with Gasteiger partial charge in [0.2, 0.25) is 0 Å². The van der Waals surface area contributed by atoms with Gasteiger partial charge in [-0.25, -0.2) is 0 Å². The zero-order valence-electron chi connectivity index (χ0n) is 15.6. The van der Waals surface area contributed by atoms with Gasteiger partial charge in [-0.15, -0.1) is 0 Å². The minimum atomic E-state index is 0.377. The first-order chi connectivity index (χ1) is 12.1. The maximum absolute atomic E-state index is 5.51. The number of nitrogens with one attached hydrogen (secondary N) is 1. The molecule has 0 bridgehead atoms. The minimum absolute atomic E-state index is 0.377. The summed E-state index contributed by atoms with van der Waals surface area (Å²) in [7, 11) is 1.73. The number of allylic oxidation sites excluding steroid dienone is 1. The molecule has 132 valence electrons. The first kappa shape index (κ1) is 18.8. The molecule has 0 radical (unpaired) electrons. The van der Waals surface area contributed by atoms with E-state index in [0.717, 1.165) is 29.2 Å². The Morgan fingerprint density at radius 1 is 1.16 bits per heavy atom. The molecule has 2 atom stereocenters. The molecule has 0 amide bonds. The van der Waals surface area contributed by atoms with Gasteiger partial charge in [-0.05, 0) is 43.2 Å². The Labute approximate surface area is 151 Å². The predicted octanol–water partition coefficient (Wildman–Crippen LogP) is 5.91. The molecule has 0 heterocycles. The Morgan fingerprint density at radius 2 is 1.92 bits per heavy atom. The fourth-order valence-electron chi connectivity index (χ4n) is 2.99. The second-order valence-corrected chi connectivity index (χ2v) is 6.29. The van der Waals surface area contributed by atoms with Gasteiger partial charge in [-0.1, -0.05) is 56.3 Å².